The van der Waals surface area contributed by atoms with Crippen molar-refractivity contribution < 1.29 is 4.79 Å². The number of aromatic nitrogens is 2. The minimum Gasteiger partial charge on any atom is -0.335 e. The van der Waals surface area contributed by atoms with Gasteiger partial charge in [-0.25, -0.2) is 9.97 Å². The van der Waals surface area contributed by atoms with E-state index in [4.69, 9.17) is 0 Å². The summed E-state index contributed by atoms with van der Waals surface area (Å²) >= 11 is 0. The molecule has 4 heteroatoms. The Hall–Kier alpha value is -1.45. The fourth-order valence-corrected chi connectivity index (χ4v) is 3.08. The molecule has 84 valence electrons. The topological polar surface area (TPSA) is 46.1 Å². The van der Waals surface area contributed by atoms with E-state index in [1.165, 1.54) is 12.8 Å². The minimum absolute atomic E-state index is 0.248. The molecule has 2 aliphatic rings. The van der Waals surface area contributed by atoms with Gasteiger partial charge >= 0.3 is 0 Å². The van der Waals surface area contributed by atoms with Crippen LogP contribution in [0.1, 0.15) is 25.7 Å². The summed E-state index contributed by atoms with van der Waals surface area (Å²) < 4.78 is 0. The van der Waals surface area contributed by atoms with Crippen molar-refractivity contribution in [3.05, 3.63) is 18.5 Å². The Bertz CT molecular complexity index is 367. The second-order valence-electron chi connectivity index (χ2n) is 4.71. The van der Waals surface area contributed by atoms with E-state index in [0.29, 0.717) is 12.1 Å². The summed E-state index contributed by atoms with van der Waals surface area (Å²) in [5, 5.41) is 0. The number of nitrogens with zero attached hydrogens (tertiary/aromatic N) is 3. The Morgan fingerprint density at radius 1 is 1.19 bits per heavy atom. The molecule has 0 amide bonds. The number of aldehydes is 1. The van der Waals surface area contributed by atoms with Crippen molar-refractivity contribution in [3.63, 3.8) is 0 Å². The van der Waals surface area contributed by atoms with Crippen molar-refractivity contribution in [1.29, 1.82) is 0 Å². The van der Waals surface area contributed by atoms with E-state index in [-0.39, 0.29) is 5.92 Å². The molecule has 1 aromatic heterocycles. The van der Waals surface area contributed by atoms with Crippen LogP contribution in [0.4, 0.5) is 5.95 Å². The lowest BCUT2D eigenvalue weighted by molar-refractivity contribution is -0.111. The Morgan fingerprint density at radius 2 is 1.81 bits per heavy atom. The summed E-state index contributed by atoms with van der Waals surface area (Å²) in [5.41, 5.74) is 0. The van der Waals surface area contributed by atoms with Crippen LogP contribution in [0.3, 0.4) is 0 Å². The molecular formula is C12H15N3O. The van der Waals surface area contributed by atoms with Gasteiger partial charge in [-0.3, -0.25) is 0 Å². The predicted octanol–water partition coefficient (Wildman–Crippen LogP) is 1.42. The normalized spacial score (nSPS) is 32.8. The van der Waals surface area contributed by atoms with E-state index in [1.54, 1.807) is 12.4 Å². The third-order valence-corrected chi connectivity index (χ3v) is 3.75. The highest BCUT2D eigenvalue weighted by atomic mass is 16.1. The van der Waals surface area contributed by atoms with Gasteiger partial charge in [0.1, 0.15) is 6.29 Å². The molecule has 0 aliphatic carbocycles. The highest BCUT2D eigenvalue weighted by Crippen LogP contribution is 2.39. The average Bonchev–Trinajstić information content (AvgIpc) is 2.61. The number of anilines is 1. The maximum absolute atomic E-state index is 10.9. The van der Waals surface area contributed by atoms with Gasteiger partial charge in [0.2, 0.25) is 5.95 Å². The summed E-state index contributed by atoms with van der Waals surface area (Å²) in [6, 6.07) is 2.77. The first kappa shape index (κ1) is 9.75. The zero-order valence-corrected chi connectivity index (χ0v) is 9.12. The van der Waals surface area contributed by atoms with Gasteiger partial charge < -0.3 is 9.69 Å². The summed E-state index contributed by atoms with van der Waals surface area (Å²) in [6.45, 7) is 0. The van der Waals surface area contributed by atoms with Crippen LogP contribution in [0, 0.1) is 5.92 Å². The fraction of sp³-hybridized carbons (Fsp3) is 0.583. The van der Waals surface area contributed by atoms with E-state index in [1.807, 2.05) is 6.07 Å². The van der Waals surface area contributed by atoms with Crippen molar-refractivity contribution in [3.8, 4) is 0 Å². The molecule has 4 nitrogen and oxygen atoms in total. The molecule has 0 aromatic carbocycles. The van der Waals surface area contributed by atoms with E-state index in [2.05, 4.69) is 14.9 Å². The Balaban J connectivity index is 1.86. The van der Waals surface area contributed by atoms with Crippen LogP contribution in [0.15, 0.2) is 18.5 Å². The van der Waals surface area contributed by atoms with Gasteiger partial charge in [0.05, 0.1) is 0 Å². The third-order valence-electron chi connectivity index (χ3n) is 3.75. The number of carbonyl (C=O) groups is 1. The molecule has 0 N–H and O–H groups in total. The second-order valence-corrected chi connectivity index (χ2v) is 4.71. The molecule has 0 spiro atoms. The Labute approximate surface area is 94.7 Å². The van der Waals surface area contributed by atoms with Crippen LogP contribution in [0.2, 0.25) is 0 Å². The molecule has 2 saturated heterocycles. The third kappa shape index (κ3) is 1.49. The number of fused-ring (bicyclic) bond motifs is 2. The van der Waals surface area contributed by atoms with Gasteiger partial charge in [0, 0.05) is 30.4 Å². The Morgan fingerprint density at radius 3 is 2.38 bits per heavy atom. The lowest BCUT2D eigenvalue weighted by atomic mass is 9.92. The molecule has 1 aromatic rings. The zero-order valence-electron chi connectivity index (χ0n) is 9.12. The van der Waals surface area contributed by atoms with Crippen molar-refractivity contribution >= 4 is 12.2 Å². The number of hydrogen-bond acceptors (Lipinski definition) is 4. The fourth-order valence-electron chi connectivity index (χ4n) is 3.08. The van der Waals surface area contributed by atoms with Gasteiger partial charge in [-0.2, -0.15) is 0 Å². The van der Waals surface area contributed by atoms with Crippen molar-refractivity contribution in [2.45, 2.75) is 37.8 Å². The van der Waals surface area contributed by atoms with Crippen LogP contribution >= 0.6 is 0 Å². The number of rotatable bonds is 2. The maximum Gasteiger partial charge on any atom is 0.225 e. The summed E-state index contributed by atoms with van der Waals surface area (Å²) in [6.07, 6.45) is 8.98. The highest BCUT2D eigenvalue weighted by Gasteiger charge is 2.41. The lowest BCUT2D eigenvalue weighted by Gasteiger charge is -2.37. The summed E-state index contributed by atoms with van der Waals surface area (Å²) in [4.78, 5) is 21.8. The standard InChI is InChI=1S/C12H15N3O/c16-8-9-6-10-2-3-11(7-9)15(10)12-13-4-1-5-14-12/h1,4-5,8-11H,2-3,6-7H2. The van der Waals surface area contributed by atoms with Gasteiger partial charge in [-0.05, 0) is 31.7 Å². The van der Waals surface area contributed by atoms with Gasteiger partial charge in [-0.15, -0.1) is 0 Å². The van der Waals surface area contributed by atoms with Crippen molar-refractivity contribution in [1.82, 2.24) is 9.97 Å². The minimum atomic E-state index is 0.248. The molecule has 0 saturated carbocycles. The van der Waals surface area contributed by atoms with E-state index < -0.39 is 0 Å². The molecule has 16 heavy (non-hydrogen) atoms. The average molecular weight is 217 g/mol. The van der Waals surface area contributed by atoms with Crippen molar-refractivity contribution in [2.24, 2.45) is 5.92 Å². The number of carbonyl (C=O) groups excluding carboxylic acids is 1. The van der Waals surface area contributed by atoms with E-state index in [0.717, 1.165) is 25.1 Å². The molecule has 2 aliphatic heterocycles. The van der Waals surface area contributed by atoms with Gasteiger partial charge in [0.15, 0.2) is 0 Å². The molecule has 2 fully saturated rings. The predicted molar refractivity (Wildman–Crippen MR) is 60.1 cm³/mol. The van der Waals surface area contributed by atoms with E-state index >= 15 is 0 Å². The maximum atomic E-state index is 10.9. The molecule has 2 bridgehead atoms. The molecule has 0 radical (unpaired) electrons. The van der Waals surface area contributed by atoms with Crippen LogP contribution < -0.4 is 4.90 Å². The highest BCUT2D eigenvalue weighted by molar-refractivity contribution is 5.55. The van der Waals surface area contributed by atoms with Crippen LogP contribution in [0.5, 0.6) is 0 Å². The SMILES string of the molecule is O=CC1CC2CCC(C1)N2c1ncccn1. The molecular weight excluding hydrogens is 202 g/mol. The Kier molecular flexibility index (Phi) is 2.35. The zero-order chi connectivity index (χ0) is 11.0. The first-order valence-corrected chi connectivity index (χ1v) is 5.89. The first-order chi connectivity index (χ1) is 7.88. The molecule has 3 rings (SSSR count). The first-order valence-electron chi connectivity index (χ1n) is 5.89. The monoisotopic (exact) mass is 217 g/mol. The van der Waals surface area contributed by atoms with E-state index in [9.17, 15) is 4.79 Å². The number of hydrogen-bond donors (Lipinski definition) is 0. The smallest absolute Gasteiger partial charge is 0.225 e. The van der Waals surface area contributed by atoms with Gasteiger partial charge in [-0.1, -0.05) is 0 Å². The van der Waals surface area contributed by atoms with Crippen molar-refractivity contribution in [2.75, 3.05) is 4.90 Å². The second kappa shape index (κ2) is 3.85. The van der Waals surface area contributed by atoms with Crippen LogP contribution in [-0.4, -0.2) is 28.3 Å². The molecule has 2 unspecified atom stereocenters. The largest absolute Gasteiger partial charge is 0.335 e. The van der Waals surface area contributed by atoms with Gasteiger partial charge in [0.25, 0.3) is 0 Å². The molecule has 2 atom stereocenters. The molecule has 3 heterocycles. The quantitative estimate of drug-likeness (QED) is 0.703. The van der Waals surface area contributed by atoms with Crippen LogP contribution in [-0.2, 0) is 4.79 Å². The number of piperidine rings is 1. The summed E-state index contributed by atoms with van der Waals surface area (Å²) in [7, 11) is 0. The lowest BCUT2D eigenvalue weighted by Crippen LogP contribution is -2.44. The summed E-state index contributed by atoms with van der Waals surface area (Å²) in [5.74, 6) is 1.08. The van der Waals surface area contributed by atoms with Crippen LogP contribution in [0.25, 0.3) is 0 Å².